The molecule has 3 nitrogen and oxygen atoms in total. The zero-order valence-electron chi connectivity index (χ0n) is 6.98. The minimum absolute atomic E-state index is 0.146. The topological polar surface area (TPSA) is 55.1 Å². The summed E-state index contributed by atoms with van der Waals surface area (Å²) in [5.41, 5.74) is 2.97. The van der Waals surface area contributed by atoms with Gasteiger partial charge in [0.05, 0.1) is 11.1 Å². The number of hydrogen-bond acceptors (Lipinski definition) is 2. The summed E-state index contributed by atoms with van der Waals surface area (Å²) in [4.78, 5) is 10.8. The number of dihydropyridines is 1. The molecule has 6 heteroatoms. The second kappa shape index (κ2) is 3.21. The number of amides is 1. The van der Waals surface area contributed by atoms with E-state index >= 15 is 0 Å². The molecule has 0 fully saturated rings. The molecule has 1 aliphatic rings. The third-order valence-electron chi connectivity index (χ3n) is 1.63. The van der Waals surface area contributed by atoms with Crippen LogP contribution in [0.15, 0.2) is 35.7 Å². The minimum atomic E-state index is -4.61. The minimum Gasteiger partial charge on any atom is -0.366 e. The van der Waals surface area contributed by atoms with Crippen LogP contribution in [0.2, 0.25) is 0 Å². The van der Waals surface area contributed by atoms with Gasteiger partial charge in [0.25, 0.3) is 5.91 Å². The first-order valence-corrected chi connectivity index (χ1v) is 3.57. The van der Waals surface area contributed by atoms with Crippen LogP contribution >= 0.6 is 0 Å². The number of hydrogen-bond donors (Lipinski definition) is 2. The summed E-state index contributed by atoms with van der Waals surface area (Å²) < 4.78 is 37.0. The van der Waals surface area contributed by atoms with Gasteiger partial charge >= 0.3 is 6.18 Å². The van der Waals surface area contributed by atoms with E-state index in [1.165, 1.54) is 0 Å². The van der Waals surface area contributed by atoms with Gasteiger partial charge in [0.2, 0.25) is 0 Å². The molecular weight excluding hydrogens is 197 g/mol. The molecule has 0 aromatic heterocycles. The average molecular weight is 204 g/mol. The molecule has 0 spiro atoms. The van der Waals surface area contributed by atoms with Crippen LogP contribution in [0.25, 0.3) is 0 Å². The summed E-state index contributed by atoms with van der Waals surface area (Å²) in [6, 6.07) is 0. The standard InChI is InChI=1S/C8H7F3N2O/c1-4-6(7(12)14)5(2-3-13-4)8(9,10)11/h2-3,13H,1H2,(H2,12,14). The normalized spacial score (nSPS) is 16.9. The smallest absolute Gasteiger partial charge is 0.366 e. The summed E-state index contributed by atoms with van der Waals surface area (Å²) >= 11 is 0. The van der Waals surface area contributed by atoms with Crippen LogP contribution in [0.4, 0.5) is 13.2 Å². The molecule has 76 valence electrons. The molecule has 1 aliphatic heterocycles. The first-order chi connectivity index (χ1) is 6.34. The lowest BCUT2D eigenvalue weighted by atomic mass is 10.0. The number of carbonyl (C=O) groups excluding carboxylic acids is 1. The fourth-order valence-corrected chi connectivity index (χ4v) is 1.06. The maximum Gasteiger partial charge on any atom is 0.417 e. The number of alkyl halides is 3. The summed E-state index contributed by atoms with van der Waals surface area (Å²) in [5, 5.41) is 2.38. The van der Waals surface area contributed by atoms with Crippen molar-refractivity contribution in [3.63, 3.8) is 0 Å². The first kappa shape index (κ1) is 10.4. The van der Waals surface area contributed by atoms with Crippen LogP contribution in [0, 0.1) is 0 Å². The zero-order valence-corrected chi connectivity index (χ0v) is 6.98. The van der Waals surface area contributed by atoms with Crippen molar-refractivity contribution in [1.82, 2.24) is 5.32 Å². The summed E-state index contributed by atoms with van der Waals surface area (Å²) in [5.74, 6) is -1.15. The Bertz CT molecular complexity index is 352. The van der Waals surface area contributed by atoms with Crippen LogP contribution in [0.5, 0.6) is 0 Å². The summed E-state index contributed by atoms with van der Waals surface area (Å²) in [6.07, 6.45) is -2.81. The molecule has 0 aliphatic carbocycles. The third-order valence-corrected chi connectivity index (χ3v) is 1.63. The molecule has 0 bridgehead atoms. The van der Waals surface area contributed by atoms with Crippen molar-refractivity contribution in [3.8, 4) is 0 Å². The predicted molar refractivity (Wildman–Crippen MR) is 43.7 cm³/mol. The van der Waals surface area contributed by atoms with E-state index < -0.39 is 23.2 Å². The molecule has 1 amide bonds. The Hall–Kier alpha value is -1.72. The van der Waals surface area contributed by atoms with Crippen molar-refractivity contribution >= 4 is 5.91 Å². The van der Waals surface area contributed by atoms with E-state index in [9.17, 15) is 18.0 Å². The molecule has 0 unspecified atom stereocenters. The molecule has 14 heavy (non-hydrogen) atoms. The molecule has 1 rings (SSSR count). The van der Waals surface area contributed by atoms with Crippen molar-refractivity contribution in [3.05, 3.63) is 35.7 Å². The number of carbonyl (C=O) groups is 1. The quantitative estimate of drug-likeness (QED) is 0.668. The molecule has 0 atom stereocenters. The highest BCUT2D eigenvalue weighted by atomic mass is 19.4. The van der Waals surface area contributed by atoms with Crippen LogP contribution in [-0.2, 0) is 4.79 Å². The maximum absolute atomic E-state index is 12.3. The zero-order chi connectivity index (χ0) is 10.9. The summed E-state index contributed by atoms with van der Waals surface area (Å²) in [6.45, 7) is 3.26. The lowest BCUT2D eigenvalue weighted by Gasteiger charge is -2.18. The average Bonchev–Trinajstić information content (AvgIpc) is 2.01. The lowest BCUT2D eigenvalue weighted by molar-refractivity contribution is -0.116. The maximum atomic E-state index is 12.3. The van der Waals surface area contributed by atoms with E-state index in [1.54, 1.807) is 0 Å². The van der Waals surface area contributed by atoms with Crippen LogP contribution in [-0.4, -0.2) is 12.1 Å². The van der Waals surface area contributed by atoms with Crippen LogP contribution < -0.4 is 11.1 Å². The number of allylic oxidation sites excluding steroid dienone is 2. The number of halogens is 3. The molecule has 0 saturated carbocycles. The Kier molecular flexibility index (Phi) is 2.37. The van der Waals surface area contributed by atoms with Gasteiger partial charge in [-0.3, -0.25) is 4.79 Å². The second-order valence-electron chi connectivity index (χ2n) is 2.61. The lowest BCUT2D eigenvalue weighted by Crippen LogP contribution is -2.28. The van der Waals surface area contributed by atoms with Crippen molar-refractivity contribution < 1.29 is 18.0 Å². The highest BCUT2D eigenvalue weighted by Crippen LogP contribution is 2.32. The van der Waals surface area contributed by atoms with Gasteiger partial charge in [-0.1, -0.05) is 6.58 Å². The van der Waals surface area contributed by atoms with Gasteiger partial charge in [-0.15, -0.1) is 0 Å². The van der Waals surface area contributed by atoms with Crippen molar-refractivity contribution in [2.45, 2.75) is 6.18 Å². The number of nitrogens with one attached hydrogen (secondary N) is 1. The highest BCUT2D eigenvalue weighted by molar-refractivity contribution is 5.98. The van der Waals surface area contributed by atoms with Gasteiger partial charge in [0, 0.05) is 11.9 Å². The van der Waals surface area contributed by atoms with Crippen molar-refractivity contribution in [2.75, 3.05) is 0 Å². The Morgan fingerprint density at radius 3 is 2.43 bits per heavy atom. The van der Waals surface area contributed by atoms with Crippen LogP contribution in [0.1, 0.15) is 0 Å². The van der Waals surface area contributed by atoms with Crippen LogP contribution in [0.3, 0.4) is 0 Å². The third kappa shape index (κ3) is 1.78. The van der Waals surface area contributed by atoms with E-state index in [0.29, 0.717) is 0 Å². The van der Waals surface area contributed by atoms with E-state index in [1.807, 2.05) is 0 Å². The molecular formula is C8H7F3N2O. The van der Waals surface area contributed by atoms with Crippen molar-refractivity contribution in [2.24, 2.45) is 5.73 Å². The van der Waals surface area contributed by atoms with E-state index in [4.69, 9.17) is 5.73 Å². The Morgan fingerprint density at radius 2 is 2.07 bits per heavy atom. The Morgan fingerprint density at radius 1 is 1.50 bits per heavy atom. The SMILES string of the molecule is C=C1NC=CC(C(F)(F)F)=C1C(N)=O. The molecule has 3 N–H and O–H groups in total. The van der Waals surface area contributed by atoms with Gasteiger partial charge < -0.3 is 11.1 Å². The van der Waals surface area contributed by atoms with Gasteiger partial charge in [0.15, 0.2) is 0 Å². The molecule has 1 heterocycles. The molecule has 0 aromatic carbocycles. The fourth-order valence-electron chi connectivity index (χ4n) is 1.06. The number of primary amides is 1. The van der Waals surface area contributed by atoms with Gasteiger partial charge in [-0.25, -0.2) is 0 Å². The second-order valence-corrected chi connectivity index (χ2v) is 2.61. The Labute approximate surface area is 77.8 Å². The predicted octanol–water partition coefficient (Wildman–Crippen LogP) is 0.961. The van der Waals surface area contributed by atoms with Gasteiger partial charge in [0.1, 0.15) is 0 Å². The molecule has 0 aromatic rings. The fraction of sp³-hybridized carbons (Fsp3) is 0.125. The van der Waals surface area contributed by atoms with E-state index in [-0.39, 0.29) is 5.70 Å². The van der Waals surface area contributed by atoms with Crippen molar-refractivity contribution in [1.29, 1.82) is 0 Å². The number of rotatable bonds is 1. The number of nitrogens with two attached hydrogens (primary N) is 1. The molecule has 0 saturated heterocycles. The first-order valence-electron chi connectivity index (χ1n) is 3.57. The van der Waals surface area contributed by atoms with E-state index in [0.717, 1.165) is 12.3 Å². The Balaban J connectivity index is 3.32. The van der Waals surface area contributed by atoms with Gasteiger partial charge in [-0.05, 0) is 6.08 Å². The summed E-state index contributed by atoms with van der Waals surface area (Å²) in [7, 11) is 0. The largest absolute Gasteiger partial charge is 0.417 e. The van der Waals surface area contributed by atoms with E-state index in [2.05, 4.69) is 11.9 Å². The highest BCUT2D eigenvalue weighted by Gasteiger charge is 2.37. The monoisotopic (exact) mass is 204 g/mol. The molecule has 0 radical (unpaired) electrons. The van der Waals surface area contributed by atoms with Gasteiger partial charge in [-0.2, -0.15) is 13.2 Å².